The second-order valence-corrected chi connectivity index (χ2v) is 3.25. The number of benzene rings is 1. The zero-order valence-corrected chi connectivity index (χ0v) is 8.66. The quantitative estimate of drug-likeness (QED) is 0.840. The van der Waals surface area contributed by atoms with E-state index in [0.29, 0.717) is 11.1 Å². The molecule has 1 N–H and O–H groups in total. The number of aromatic carboxylic acids is 1. The van der Waals surface area contributed by atoms with Crippen LogP contribution in [0.1, 0.15) is 16.1 Å². The molecule has 0 saturated heterocycles. The highest BCUT2D eigenvalue weighted by atomic mass is 16.4. The Bertz CT molecular complexity index is 617. The molecule has 1 heterocycles. The number of carboxylic acids is 1. The van der Waals surface area contributed by atoms with E-state index < -0.39 is 5.97 Å². The summed E-state index contributed by atoms with van der Waals surface area (Å²) in [6, 6.07) is 8.58. The van der Waals surface area contributed by atoms with Crippen LogP contribution in [0.25, 0.3) is 11.3 Å². The maximum absolute atomic E-state index is 11.0. The lowest BCUT2D eigenvalue weighted by atomic mass is 10.1. The molecule has 0 radical (unpaired) electrons. The average molecular weight is 225 g/mol. The molecule has 1 aromatic heterocycles. The summed E-state index contributed by atoms with van der Waals surface area (Å²) in [4.78, 5) is 18.7. The van der Waals surface area contributed by atoms with Crippen LogP contribution in [0, 0.1) is 11.3 Å². The van der Waals surface area contributed by atoms with Gasteiger partial charge in [-0.05, 0) is 12.1 Å². The Kier molecular flexibility index (Phi) is 2.79. The first-order valence-electron chi connectivity index (χ1n) is 4.77. The van der Waals surface area contributed by atoms with Crippen LogP contribution in [0.2, 0.25) is 0 Å². The van der Waals surface area contributed by atoms with E-state index in [1.165, 1.54) is 12.4 Å². The van der Waals surface area contributed by atoms with Gasteiger partial charge in [-0.2, -0.15) is 5.26 Å². The van der Waals surface area contributed by atoms with E-state index in [-0.39, 0.29) is 11.4 Å². The van der Waals surface area contributed by atoms with Crippen molar-refractivity contribution < 1.29 is 9.90 Å². The van der Waals surface area contributed by atoms with E-state index in [2.05, 4.69) is 9.97 Å². The minimum atomic E-state index is -1.14. The van der Waals surface area contributed by atoms with Crippen LogP contribution >= 0.6 is 0 Å². The van der Waals surface area contributed by atoms with Gasteiger partial charge in [0.05, 0.1) is 11.6 Å². The fourth-order valence-corrected chi connectivity index (χ4v) is 1.44. The van der Waals surface area contributed by atoms with Gasteiger partial charge in [0.1, 0.15) is 5.69 Å². The third-order valence-electron chi connectivity index (χ3n) is 2.17. The summed E-state index contributed by atoms with van der Waals surface area (Å²) in [6.45, 7) is 0. The van der Waals surface area contributed by atoms with E-state index in [0.717, 1.165) is 0 Å². The summed E-state index contributed by atoms with van der Waals surface area (Å²) in [7, 11) is 0. The molecule has 0 bridgehead atoms. The number of rotatable bonds is 2. The molecule has 0 saturated carbocycles. The van der Waals surface area contributed by atoms with Crippen molar-refractivity contribution in [2.24, 2.45) is 0 Å². The first-order valence-corrected chi connectivity index (χ1v) is 4.77. The fraction of sp³-hybridized carbons (Fsp3) is 0. The van der Waals surface area contributed by atoms with Gasteiger partial charge < -0.3 is 5.11 Å². The van der Waals surface area contributed by atoms with Gasteiger partial charge in [0.15, 0.2) is 5.69 Å². The van der Waals surface area contributed by atoms with Crippen LogP contribution in [0.4, 0.5) is 0 Å². The summed E-state index contributed by atoms with van der Waals surface area (Å²) in [5.74, 6) is -1.14. The normalized spacial score (nSPS) is 9.59. The van der Waals surface area contributed by atoms with E-state index in [1.807, 2.05) is 6.07 Å². The van der Waals surface area contributed by atoms with Crippen LogP contribution in [0.3, 0.4) is 0 Å². The van der Waals surface area contributed by atoms with Crippen LogP contribution in [0.5, 0.6) is 0 Å². The second-order valence-electron chi connectivity index (χ2n) is 3.25. The molecule has 0 atom stereocenters. The number of aromatic nitrogens is 2. The molecular formula is C12H7N3O2. The van der Waals surface area contributed by atoms with Gasteiger partial charge in [-0.15, -0.1) is 0 Å². The lowest BCUT2D eigenvalue weighted by Crippen LogP contribution is -2.04. The summed E-state index contributed by atoms with van der Waals surface area (Å²) < 4.78 is 0. The molecule has 1 aromatic carbocycles. The molecule has 2 aromatic rings. The number of hydrogen-bond acceptors (Lipinski definition) is 4. The van der Waals surface area contributed by atoms with E-state index in [9.17, 15) is 4.79 Å². The van der Waals surface area contributed by atoms with Crippen molar-refractivity contribution in [2.45, 2.75) is 0 Å². The molecule has 5 heteroatoms. The van der Waals surface area contributed by atoms with Gasteiger partial charge in [-0.1, -0.05) is 12.1 Å². The predicted molar refractivity (Wildman–Crippen MR) is 59.1 cm³/mol. The third-order valence-corrected chi connectivity index (χ3v) is 2.17. The van der Waals surface area contributed by atoms with Crippen molar-refractivity contribution in [3.63, 3.8) is 0 Å². The highest BCUT2D eigenvalue weighted by molar-refractivity contribution is 5.92. The van der Waals surface area contributed by atoms with Crippen LogP contribution in [0.15, 0.2) is 36.7 Å². The predicted octanol–water partition coefficient (Wildman–Crippen LogP) is 1.71. The van der Waals surface area contributed by atoms with Crippen LogP contribution in [-0.2, 0) is 0 Å². The SMILES string of the molecule is N#Cc1cccc(-c2nccnc2C(=O)O)c1. The number of carboxylic acid groups (broad SMARTS) is 1. The van der Waals surface area contributed by atoms with Crippen molar-refractivity contribution in [1.82, 2.24) is 9.97 Å². The Hall–Kier alpha value is -2.74. The molecule has 0 unspecified atom stereocenters. The number of nitriles is 1. The monoisotopic (exact) mass is 225 g/mol. The topological polar surface area (TPSA) is 86.9 Å². The van der Waals surface area contributed by atoms with Crippen molar-refractivity contribution in [3.8, 4) is 17.3 Å². The van der Waals surface area contributed by atoms with Crippen molar-refractivity contribution in [1.29, 1.82) is 5.26 Å². The molecule has 0 aliphatic carbocycles. The summed E-state index contributed by atoms with van der Waals surface area (Å²) in [5.41, 5.74) is 1.15. The van der Waals surface area contributed by atoms with Crippen molar-refractivity contribution in [3.05, 3.63) is 47.9 Å². The van der Waals surface area contributed by atoms with Gasteiger partial charge in [0.25, 0.3) is 0 Å². The highest BCUT2D eigenvalue weighted by Gasteiger charge is 2.14. The van der Waals surface area contributed by atoms with Gasteiger partial charge >= 0.3 is 5.97 Å². The number of carbonyl (C=O) groups is 1. The smallest absolute Gasteiger partial charge is 0.356 e. The molecule has 82 valence electrons. The largest absolute Gasteiger partial charge is 0.476 e. The van der Waals surface area contributed by atoms with Crippen LogP contribution < -0.4 is 0 Å². The van der Waals surface area contributed by atoms with Crippen molar-refractivity contribution in [2.75, 3.05) is 0 Å². The molecule has 0 aliphatic heterocycles. The van der Waals surface area contributed by atoms with Gasteiger partial charge in [-0.3, -0.25) is 4.98 Å². The molecule has 0 spiro atoms. The number of nitrogens with zero attached hydrogens (tertiary/aromatic N) is 3. The highest BCUT2D eigenvalue weighted by Crippen LogP contribution is 2.20. The lowest BCUT2D eigenvalue weighted by Gasteiger charge is -2.03. The van der Waals surface area contributed by atoms with E-state index in [1.54, 1.807) is 24.3 Å². The summed E-state index contributed by atoms with van der Waals surface area (Å²) in [5, 5.41) is 17.8. The van der Waals surface area contributed by atoms with Gasteiger partial charge in [0, 0.05) is 18.0 Å². The summed E-state index contributed by atoms with van der Waals surface area (Å²) >= 11 is 0. The minimum absolute atomic E-state index is 0.123. The molecule has 17 heavy (non-hydrogen) atoms. The maximum atomic E-state index is 11.0. The fourth-order valence-electron chi connectivity index (χ4n) is 1.44. The Labute approximate surface area is 97.0 Å². The Balaban J connectivity index is 2.61. The zero-order chi connectivity index (χ0) is 12.3. The Morgan fingerprint density at radius 2 is 2.06 bits per heavy atom. The van der Waals surface area contributed by atoms with Gasteiger partial charge in [0.2, 0.25) is 0 Å². The zero-order valence-electron chi connectivity index (χ0n) is 8.66. The molecule has 2 rings (SSSR count). The molecule has 0 aliphatic rings. The maximum Gasteiger partial charge on any atom is 0.356 e. The molecule has 5 nitrogen and oxygen atoms in total. The molecular weight excluding hydrogens is 218 g/mol. The summed E-state index contributed by atoms with van der Waals surface area (Å²) in [6.07, 6.45) is 2.74. The Morgan fingerprint density at radius 1 is 1.29 bits per heavy atom. The minimum Gasteiger partial charge on any atom is -0.476 e. The standard InChI is InChI=1S/C12H7N3O2/c13-7-8-2-1-3-9(6-8)10-11(12(16)17)15-5-4-14-10/h1-6H,(H,16,17). The van der Waals surface area contributed by atoms with Crippen LogP contribution in [-0.4, -0.2) is 21.0 Å². The Morgan fingerprint density at radius 3 is 2.76 bits per heavy atom. The lowest BCUT2D eigenvalue weighted by molar-refractivity contribution is 0.0691. The number of hydrogen-bond donors (Lipinski definition) is 1. The average Bonchev–Trinajstić information content (AvgIpc) is 2.39. The third kappa shape index (κ3) is 2.11. The molecule has 0 fully saturated rings. The van der Waals surface area contributed by atoms with Gasteiger partial charge in [-0.25, -0.2) is 9.78 Å². The first kappa shape index (κ1) is 10.8. The first-order chi connectivity index (χ1) is 8.22. The van der Waals surface area contributed by atoms with E-state index >= 15 is 0 Å². The van der Waals surface area contributed by atoms with E-state index in [4.69, 9.17) is 10.4 Å². The molecule has 0 amide bonds. The van der Waals surface area contributed by atoms with Crippen molar-refractivity contribution >= 4 is 5.97 Å². The second kappa shape index (κ2) is 4.41.